The van der Waals surface area contributed by atoms with Crippen LogP contribution in [-0.4, -0.2) is 20.6 Å². The Balaban J connectivity index is 1.74. The number of ketones is 1. The molecule has 2 heterocycles. The van der Waals surface area contributed by atoms with Crippen LogP contribution in [0.4, 0.5) is 0 Å². The molecule has 4 aromatic rings. The minimum absolute atomic E-state index is 0.0485. The van der Waals surface area contributed by atoms with Gasteiger partial charge in [0.25, 0.3) is 0 Å². The predicted octanol–water partition coefficient (Wildman–Crippen LogP) is 5.53. The molecule has 148 valence electrons. The number of allylic oxidation sites excluding steroid dienone is 1. The van der Waals surface area contributed by atoms with E-state index in [0.717, 1.165) is 33.8 Å². The Morgan fingerprint density at radius 1 is 1.03 bits per heavy atom. The van der Waals surface area contributed by atoms with E-state index in [0.29, 0.717) is 5.02 Å². The maximum absolute atomic E-state index is 12.9. The van der Waals surface area contributed by atoms with Crippen molar-refractivity contribution in [1.29, 1.82) is 0 Å². The minimum Gasteiger partial charge on any atom is -0.508 e. The van der Waals surface area contributed by atoms with Crippen molar-refractivity contribution in [3.8, 4) is 28.5 Å². The molecule has 0 fully saturated rings. The number of carbonyl (C=O) groups is 1. The van der Waals surface area contributed by atoms with Gasteiger partial charge in [0, 0.05) is 40.7 Å². The molecule has 0 atom stereocenters. The topological polar surface area (TPSA) is 71.7 Å². The SMILES string of the molecule is Cn1c(-c2ccc(Cl)cc2)c(/C=C2\Oc3cc(O)cc(O)c3C2=O)c2ccccc21. The fraction of sp³-hybridized carbons (Fsp3) is 0.0417. The van der Waals surface area contributed by atoms with Crippen molar-refractivity contribution in [3.63, 3.8) is 0 Å². The average molecular weight is 418 g/mol. The van der Waals surface area contributed by atoms with E-state index >= 15 is 0 Å². The maximum atomic E-state index is 12.9. The number of Topliss-reactive ketones (excluding diaryl/α,β-unsaturated/α-hetero) is 1. The second-order valence-electron chi connectivity index (χ2n) is 7.12. The van der Waals surface area contributed by atoms with E-state index in [4.69, 9.17) is 16.3 Å². The molecule has 0 unspecified atom stereocenters. The standard InChI is InChI=1S/C24H16ClNO4/c1-26-18-5-3-2-4-16(18)17(23(26)13-6-8-14(25)9-7-13)12-21-24(29)22-19(28)10-15(27)11-20(22)30-21/h2-12,27-28H,1H3/b21-12-. The number of aromatic nitrogens is 1. The lowest BCUT2D eigenvalue weighted by Crippen LogP contribution is -1.99. The van der Waals surface area contributed by atoms with E-state index in [1.807, 2.05) is 55.6 Å². The Labute approximate surface area is 177 Å². The molecule has 0 saturated carbocycles. The number of para-hydroxylation sites is 1. The molecular formula is C24H16ClNO4. The molecule has 5 nitrogen and oxygen atoms in total. The molecule has 0 aliphatic carbocycles. The molecule has 6 heteroatoms. The first-order valence-corrected chi connectivity index (χ1v) is 9.65. The molecule has 0 bridgehead atoms. The molecule has 0 amide bonds. The second-order valence-corrected chi connectivity index (χ2v) is 7.56. The Hall–Kier alpha value is -3.70. The van der Waals surface area contributed by atoms with Gasteiger partial charge in [-0.15, -0.1) is 0 Å². The summed E-state index contributed by atoms with van der Waals surface area (Å²) in [5.41, 5.74) is 3.70. The van der Waals surface area contributed by atoms with E-state index in [-0.39, 0.29) is 28.6 Å². The zero-order valence-electron chi connectivity index (χ0n) is 15.9. The summed E-state index contributed by atoms with van der Waals surface area (Å²) in [6.07, 6.45) is 1.69. The summed E-state index contributed by atoms with van der Waals surface area (Å²) in [6.45, 7) is 0. The summed E-state index contributed by atoms with van der Waals surface area (Å²) >= 11 is 6.07. The lowest BCUT2D eigenvalue weighted by molar-refractivity contribution is 0.101. The number of carbonyl (C=O) groups excluding carboxylic acids is 1. The first-order valence-electron chi connectivity index (χ1n) is 9.27. The van der Waals surface area contributed by atoms with Gasteiger partial charge in [-0.3, -0.25) is 4.79 Å². The van der Waals surface area contributed by atoms with Gasteiger partial charge in [0.05, 0.1) is 5.69 Å². The second kappa shape index (κ2) is 6.68. The van der Waals surface area contributed by atoms with Gasteiger partial charge in [0.15, 0.2) is 5.76 Å². The molecule has 0 spiro atoms. The van der Waals surface area contributed by atoms with Crippen molar-refractivity contribution in [2.75, 3.05) is 0 Å². The largest absolute Gasteiger partial charge is 0.508 e. The van der Waals surface area contributed by atoms with Crippen LogP contribution >= 0.6 is 11.6 Å². The molecule has 2 N–H and O–H groups in total. The minimum atomic E-state index is -0.433. The summed E-state index contributed by atoms with van der Waals surface area (Å²) in [5.74, 6) is -0.700. The van der Waals surface area contributed by atoms with Gasteiger partial charge in [0.1, 0.15) is 22.8 Å². The van der Waals surface area contributed by atoms with Gasteiger partial charge in [0.2, 0.25) is 5.78 Å². The fourth-order valence-corrected chi connectivity index (χ4v) is 4.06. The summed E-state index contributed by atoms with van der Waals surface area (Å²) < 4.78 is 7.77. The molecule has 0 saturated heterocycles. The van der Waals surface area contributed by atoms with Crippen LogP contribution in [0, 0.1) is 0 Å². The summed E-state index contributed by atoms with van der Waals surface area (Å²) in [5, 5.41) is 21.4. The first-order chi connectivity index (χ1) is 14.4. The van der Waals surface area contributed by atoms with Crippen molar-refractivity contribution in [2.45, 2.75) is 0 Å². The van der Waals surface area contributed by atoms with Crippen LogP contribution in [0.25, 0.3) is 28.2 Å². The predicted molar refractivity (Wildman–Crippen MR) is 116 cm³/mol. The van der Waals surface area contributed by atoms with Crippen LogP contribution in [0.15, 0.2) is 66.4 Å². The molecular weight excluding hydrogens is 402 g/mol. The molecule has 1 aliphatic heterocycles. The Morgan fingerprint density at radius 3 is 2.53 bits per heavy atom. The van der Waals surface area contributed by atoms with E-state index in [9.17, 15) is 15.0 Å². The van der Waals surface area contributed by atoms with Crippen LogP contribution in [0.3, 0.4) is 0 Å². The van der Waals surface area contributed by atoms with Crippen molar-refractivity contribution < 1.29 is 19.7 Å². The lowest BCUT2D eigenvalue weighted by Gasteiger charge is -2.07. The first kappa shape index (κ1) is 18.3. The van der Waals surface area contributed by atoms with Crippen molar-refractivity contribution >= 4 is 34.4 Å². The van der Waals surface area contributed by atoms with Gasteiger partial charge in [-0.25, -0.2) is 0 Å². The summed E-state index contributed by atoms with van der Waals surface area (Å²) in [6, 6.07) is 17.8. The van der Waals surface area contributed by atoms with Gasteiger partial charge in [-0.2, -0.15) is 0 Å². The van der Waals surface area contributed by atoms with Gasteiger partial charge in [-0.1, -0.05) is 41.9 Å². The molecule has 3 aromatic carbocycles. The highest BCUT2D eigenvalue weighted by molar-refractivity contribution is 6.30. The van der Waals surface area contributed by atoms with Crippen molar-refractivity contribution in [1.82, 2.24) is 4.57 Å². The Kier molecular flexibility index (Phi) is 4.08. The Morgan fingerprint density at radius 2 is 1.77 bits per heavy atom. The Bertz CT molecular complexity index is 1370. The molecule has 30 heavy (non-hydrogen) atoms. The molecule has 0 radical (unpaired) electrons. The number of phenols is 2. The smallest absolute Gasteiger partial charge is 0.235 e. The number of hydrogen-bond acceptors (Lipinski definition) is 4. The van der Waals surface area contributed by atoms with Crippen LogP contribution < -0.4 is 4.74 Å². The van der Waals surface area contributed by atoms with Gasteiger partial charge in [-0.05, 0) is 29.8 Å². The number of rotatable bonds is 2. The number of nitrogens with zero attached hydrogens (tertiary/aromatic N) is 1. The van der Waals surface area contributed by atoms with Gasteiger partial charge >= 0.3 is 0 Å². The number of phenolic OH excluding ortho intramolecular Hbond substituents is 2. The normalized spacial score (nSPS) is 14.3. The van der Waals surface area contributed by atoms with Crippen LogP contribution in [0.5, 0.6) is 17.2 Å². The molecule has 1 aliphatic rings. The molecule has 5 rings (SSSR count). The quantitative estimate of drug-likeness (QED) is 0.421. The number of fused-ring (bicyclic) bond motifs is 2. The third kappa shape index (κ3) is 2.75. The number of benzene rings is 3. The lowest BCUT2D eigenvalue weighted by atomic mass is 10.0. The number of aromatic hydroxyl groups is 2. The van der Waals surface area contributed by atoms with Crippen LogP contribution in [-0.2, 0) is 7.05 Å². The van der Waals surface area contributed by atoms with E-state index in [1.54, 1.807) is 6.08 Å². The highest BCUT2D eigenvalue weighted by atomic mass is 35.5. The number of ether oxygens (including phenoxy) is 1. The third-order valence-electron chi connectivity index (χ3n) is 5.28. The van der Waals surface area contributed by atoms with Crippen LogP contribution in [0.2, 0.25) is 5.02 Å². The summed E-state index contributed by atoms with van der Waals surface area (Å²) in [7, 11) is 1.96. The van der Waals surface area contributed by atoms with Crippen LogP contribution in [0.1, 0.15) is 15.9 Å². The van der Waals surface area contributed by atoms with Crippen molar-refractivity contribution in [3.05, 3.63) is 82.6 Å². The number of hydrogen-bond donors (Lipinski definition) is 2. The highest BCUT2D eigenvalue weighted by Crippen LogP contribution is 2.42. The number of aryl methyl sites for hydroxylation is 1. The zero-order chi connectivity index (χ0) is 21.0. The van der Waals surface area contributed by atoms with E-state index in [2.05, 4.69) is 4.57 Å². The maximum Gasteiger partial charge on any atom is 0.235 e. The summed E-state index contributed by atoms with van der Waals surface area (Å²) in [4.78, 5) is 12.9. The average Bonchev–Trinajstić information content (AvgIpc) is 3.18. The van der Waals surface area contributed by atoms with Gasteiger partial charge < -0.3 is 19.5 Å². The highest BCUT2D eigenvalue weighted by Gasteiger charge is 2.32. The van der Waals surface area contributed by atoms with E-state index < -0.39 is 5.78 Å². The monoisotopic (exact) mass is 417 g/mol. The zero-order valence-corrected chi connectivity index (χ0v) is 16.6. The van der Waals surface area contributed by atoms with E-state index in [1.165, 1.54) is 6.07 Å². The van der Waals surface area contributed by atoms with Crippen molar-refractivity contribution in [2.24, 2.45) is 7.05 Å². The fourth-order valence-electron chi connectivity index (χ4n) is 3.94. The third-order valence-corrected chi connectivity index (χ3v) is 5.53. The molecule has 1 aromatic heterocycles. The number of halogens is 1.